The Kier molecular flexibility index (Phi) is 4.74. The highest BCUT2D eigenvalue weighted by molar-refractivity contribution is 5.39. The number of pyridine rings is 1. The van der Waals surface area contributed by atoms with E-state index in [1.165, 1.54) is 6.07 Å². The van der Waals surface area contributed by atoms with Crippen LogP contribution in [0.1, 0.15) is 18.9 Å². The Bertz CT molecular complexity index is 329. The van der Waals surface area contributed by atoms with Crippen LogP contribution in [0.4, 0.5) is 19.0 Å². The van der Waals surface area contributed by atoms with Crippen LogP contribution in [-0.4, -0.2) is 24.6 Å². The van der Waals surface area contributed by atoms with Crippen LogP contribution >= 0.6 is 0 Å². The van der Waals surface area contributed by atoms with Crippen molar-refractivity contribution in [3.05, 3.63) is 23.9 Å². The Balaban J connectivity index is 2.84. The van der Waals surface area contributed by atoms with Crippen molar-refractivity contribution in [2.45, 2.75) is 19.5 Å². The molecule has 0 unspecified atom stereocenters. The predicted molar refractivity (Wildman–Crippen MR) is 60.8 cm³/mol. The molecule has 0 bridgehead atoms. The Morgan fingerprint density at radius 1 is 1.29 bits per heavy atom. The van der Waals surface area contributed by atoms with Gasteiger partial charge in [-0.2, -0.15) is 13.2 Å². The first-order chi connectivity index (χ1) is 7.99. The zero-order chi connectivity index (χ0) is 12.9. The molecule has 0 aliphatic carbocycles. The average molecular weight is 247 g/mol. The van der Waals surface area contributed by atoms with Crippen molar-refractivity contribution in [3.63, 3.8) is 0 Å². The second-order valence-electron chi connectivity index (χ2n) is 3.68. The number of nitrogens with zero attached hydrogens (tertiary/aromatic N) is 2. The van der Waals surface area contributed by atoms with Crippen molar-refractivity contribution in [2.75, 3.05) is 24.5 Å². The third-order valence-corrected chi connectivity index (χ3v) is 2.29. The van der Waals surface area contributed by atoms with Gasteiger partial charge in [0.15, 0.2) is 0 Å². The van der Waals surface area contributed by atoms with E-state index in [0.29, 0.717) is 18.9 Å². The van der Waals surface area contributed by atoms with Crippen LogP contribution in [0.5, 0.6) is 0 Å². The number of halogens is 3. The molecule has 0 saturated carbocycles. The van der Waals surface area contributed by atoms with Crippen molar-refractivity contribution in [1.29, 1.82) is 0 Å². The molecule has 2 N–H and O–H groups in total. The quantitative estimate of drug-likeness (QED) is 0.868. The molecular formula is C11H16F3N3. The highest BCUT2D eigenvalue weighted by Crippen LogP contribution is 2.29. The van der Waals surface area contributed by atoms with E-state index >= 15 is 0 Å². The standard InChI is InChI=1S/C11H16F3N3/c1-2-6-17(7-5-15)10-4-3-9(8-16-10)11(12,13)14/h3-4,8H,2,5-7,15H2,1H3. The fraction of sp³-hybridized carbons (Fsp3) is 0.545. The Hall–Kier alpha value is -1.30. The summed E-state index contributed by atoms with van der Waals surface area (Å²) in [7, 11) is 0. The van der Waals surface area contributed by atoms with E-state index in [2.05, 4.69) is 4.98 Å². The summed E-state index contributed by atoms with van der Waals surface area (Å²) in [5.74, 6) is 0.533. The summed E-state index contributed by atoms with van der Waals surface area (Å²) < 4.78 is 37.0. The van der Waals surface area contributed by atoms with Crippen LogP contribution in [0, 0.1) is 0 Å². The summed E-state index contributed by atoms with van der Waals surface area (Å²) in [5.41, 5.74) is 4.72. The molecule has 0 spiro atoms. The van der Waals surface area contributed by atoms with Gasteiger partial charge in [-0.05, 0) is 18.6 Å². The lowest BCUT2D eigenvalue weighted by Gasteiger charge is -2.22. The van der Waals surface area contributed by atoms with Crippen LogP contribution in [0.15, 0.2) is 18.3 Å². The van der Waals surface area contributed by atoms with Crippen molar-refractivity contribution >= 4 is 5.82 Å². The molecule has 17 heavy (non-hydrogen) atoms. The maximum Gasteiger partial charge on any atom is 0.417 e. The lowest BCUT2D eigenvalue weighted by atomic mass is 10.2. The largest absolute Gasteiger partial charge is 0.417 e. The summed E-state index contributed by atoms with van der Waals surface area (Å²) in [4.78, 5) is 5.71. The number of hydrogen-bond acceptors (Lipinski definition) is 3. The first-order valence-corrected chi connectivity index (χ1v) is 5.47. The van der Waals surface area contributed by atoms with Crippen molar-refractivity contribution in [1.82, 2.24) is 4.98 Å². The second kappa shape index (κ2) is 5.86. The van der Waals surface area contributed by atoms with Gasteiger partial charge in [-0.15, -0.1) is 0 Å². The molecule has 1 heterocycles. The van der Waals surface area contributed by atoms with E-state index < -0.39 is 11.7 Å². The second-order valence-corrected chi connectivity index (χ2v) is 3.68. The highest BCUT2D eigenvalue weighted by Gasteiger charge is 2.30. The zero-order valence-corrected chi connectivity index (χ0v) is 9.67. The molecule has 96 valence electrons. The molecule has 0 amide bonds. The summed E-state index contributed by atoms with van der Waals surface area (Å²) in [6.07, 6.45) is -2.59. The van der Waals surface area contributed by atoms with Crippen LogP contribution in [0.25, 0.3) is 0 Å². The molecule has 0 aliphatic heterocycles. The minimum absolute atomic E-state index is 0.447. The number of nitrogens with two attached hydrogens (primary N) is 1. The predicted octanol–water partition coefficient (Wildman–Crippen LogP) is 2.28. The van der Waals surface area contributed by atoms with Crippen LogP contribution in [0.3, 0.4) is 0 Å². The zero-order valence-electron chi connectivity index (χ0n) is 9.67. The third kappa shape index (κ3) is 3.89. The third-order valence-electron chi connectivity index (χ3n) is 2.29. The normalized spacial score (nSPS) is 11.6. The van der Waals surface area contributed by atoms with Gasteiger partial charge >= 0.3 is 6.18 Å². The average Bonchev–Trinajstić information content (AvgIpc) is 2.28. The molecule has 1 rings (SSSR count). The molecule has 1 aromatic rings. The van der Waals surface area contributed by atoms with Crippen molar-refractivity contribution in [3.8, 4) is 0 Å². The molecule has 3 nitrogen and oxygen atoms in total. The highest BCUT2D eigenvalue weighted by atomic mass is 19.4. The van der Waals surface area contributed by atoms with E-state index in [0.717, 1.165) is 25.2 Å². The monoisotopic (exact) mass is 247 g/mol. The van der Waals surface area contributed by atoms with Crippen LogP contribution in [-0.2, 0) is 6.18 Å². The van der Waals surface area contributed by atoms with Gasteiger partial charge in [-0.1, -0.05) is 6.92 Å². The molecule has 0 radical (unpaired) electrons. The van der Waals surface area contributed by atoms with Crippen molar-refractivity contribution < 1.29 is 13.2 Å². The maximum atomic E-state index is 12.3. The molecule has 1 aromatic heterocycles. The molecule has 0 aliphatic rings. The summed E-state index contributed by atoms with van der Waals surface area (Å²) >= 11 is 0. The molecule has 0 fully saturated rings. The SMILES string of the molecule is CCCN(CCN)c1ccc(C(F)(F)F)cn1. The Morgan fingerprint density at radius 2 is 2.00 bits per heavy atom. The number of anilines is 1. The molecule has 0 aromatic carbocycles. The van der Waals surface area contributed by atoms with Gasteiger partial charge in [0.1, 0.15) is 5.82 Å². The van der Waals surface area contributed by atoms with Crippen molar-refractivity contribution in [2.24, 2.45) is 5.73 Å². The van der Waals surface area contributed by atoms with Gasteiger partial charge in [0, 0.05) is 25.8 Å². The summed E-state index contributed by atoms with van der Waals surface area (Å²) in [5, 5.41) is 0. The van der Waals surface area contributed by atoms with Gasteiger partial charge in [0.25, 0.3) is 0 Å². The minimum atomic E-state index is -4.34. The number of rotatable bonds is 5. The minimum Gasteiger partial charge on any atom is -0.355 e. The van der Waals surface area contributed by atoms with Gasteiger partial charge in [-0.25, -0.2) is 4.98 Å². The fourth-order valence-corrected chi connectivity index (χ4v) is 1.51. The first kappa shape index (κ1) is 13.8. The van der Waals surface area contributed by atoms with E-state index in [1.54, 1.807) is 0 Å². The topological polar surface area (TPSA) is 42.1 Å². The number of alkyl halides is 3. The number of aromatic nitrogens is 1. The van der Waals surface area contributed by atoms with Gasteiger partial charge in [0.05, 0.1) is 5.56 Å². The molecule has 0 saturated heterocycles. The molecule has 6 heteroatoms. The first-order valence-electron chi connectivity index (χ1n) is 5.47. The van der Waals surface area contributed by atoms with Gasteiger partial charge in [0.2, 0.25) is 0 Å². The van der Waals surface area contributed by atoms with Crippen LogP contribution in [0.2, 0.25) is 0 Å². The maximum absolute atomic E-state index is 12.3. The number of hydrogen-bond donors (Lipinski definition) is 1. The van der Waals surface area contributed by atoms with E-state index in [4.69, 9.17) is 5.73 Å². The van der Waals surface area contributed by atoms with Crippen LogP contribution < -0.4 is 10.6 Å². The van der Waals surface area contributed by atoms with E-state index in [9.17, 15) is 13.2 Å². The van der Waals surface area contributed by atoms with E-state index in [1.807, 2.05) is 11.8 Å². The van der Waals surface area contributed by atoms with Gasteiger partial charge in [-0.3, -0.25) is 0 Å². The molecular weight excluding hydrogens is 231 g/mol. The Labute approximate surface area is 98.4 Å². The smallest absolute Gasteiger partial charge is 0.355 e. The summed E-state index contributed by atoms with van der Waals surface area (Å²) in [6, 6.07) is 2.43. The Morgan fingerprint density at radius 3 is 2.41 bits per heavy atom. The fourth-order valence-electron chi connectivity index (χ4n) is 1.51. The lowest BCUT2D eigenvalue weighted by molar-refractivity contribution is -0.137. The van der Waals surface area contributed by atoms with Gasteiger partial charge < -0.3 is 10.6 Å². The molecule has 0 atom stereocenters. The summed E-state index contributed by atoms with van der Waals surface area (Å²) in [6.45, 7) is 3.76. The lowest BCUT2D eigenvalue weighted by Crippen LogP contribution is -2.30. The van der Waals surface area contributed by atoms with E-state index in [-0.39, 0.29) is 0 Å².